The van der Waals surface area contributed by atoms with Crippen molar-refractivity contribution in [1.82, 2.24) is 9.71 Å². The van der Waals surface area contributed by atoms with Gasteiger partial charge < -0.3 is 4.55 Å². The molecule has 1 aliphatic rings. The van der Waals surface area contributed by atoms with E-state index in [0.29, 0.717) is 12.8 Å². The first-order chi connectivity index (χ1) is 9.63. The van der Waals surface area contributed by atoms with Crippen molar-refractivity contribution in [2.24, 2.45) is 0 Å². The van der Waals surface area contributed by atoms with Crippen molar-refractivity contribution in [2.75, 3.05) is 0 Å². The van der Waals surface area contributed by atoms with Gasteiger partial charge >= 0.3 is 0 Å². The van der Waals surface area contributed by atoms with Crippen LogP contribution in [0.2, 0.25) is 5.02 Å². The minimum Gasteiger partial charge on any atom is -0.598 e. The normalized spacial score (nSPS) is 20.7. The standard InChI is InChI=1S/C14H19ClF2N2OS/c1-13(2,3)21(20)19-12(14(17)5-4-6-14)11-10(15)7-9(16)8-18-11/h7-8,12,19H,4-6H2,1-3H3/t12-,21-/m1/s1. The van der Waals surface area contributed by atoms with Gasteiger partial charge in [-0.3, -0.25) is 4.98 Å². The second-order valence-electron chi connectivity index (χ2n) is 6.34. The molecule has 3 nitrogen and oxygen atoms in total. The van der Waals surface area contributed by atoms with E-state index >= 15 is 0 Å². The zero-order valence-electron chi connectivity index (χ0n) is 12.3. The highest BCUT2D eigenvalue weighted by molar-refractivity contribution is 7.90. The molecule has 1 fully saturated rings. The smallest absolute Gasteiger partial charge is 0.142 e. The van der Waals surface area contributed by atoms with Crippen LogP contribution >= 0.6 is 11.6 Å². The van der Waals surface area contributed by atoms with Crippen LogP contribution in [0.25, 0.3) is 0 Å². The molecular formula is C14H19ClF2N2OS. The van der Waals surface area contributed by atoms with Crippen LogP contribution in [0.3, 0.4) is 0 Å². The summed E-state index contributed by atoms with van der Waals surface area (Å²) in [5.74, 6) is -0.582. The van der Waals surface area contributed by atoms with E-state index in [1.807, 2.05) is 0 Å². The number of nitrogens with one attached hydrogen (secondary N) is 1. The molecule has 0 unspecified atom stereocenters. The van der Waals surface area contributed by atoms with Crippen LogP contribution in [-0.2, 0) is 11.4 Å². The molecule has 0 aliphatic heterocycles. The van der Waals surface area contributed by atoms with Crippen LogP contribution in [-0.4, -0.2) is 20.0 Å². The Morgan fingerprint density at radius 1 is 1.48 bits per heavy atom. The number of aromatic nitrogens is 1. The highest BCUT2D eigenvalue weighted by atomic mass is 35.5. The van der Waals surface area contributed by atoms with E-state index in [9.17, 15) is 13.3 Å². The number of rotatable bonds is 4. The second kappa shape index (κ2) is 5.99. The third-order valence-electron chi connectivity index (χ3n) is 3.59. The third kappa shape index (κ3) is 3.67. The SMILES string of the molecule is CC(C)(C)[S@@+]([O-])N[C@H](c1ncc(F)cc1Cl)C1(F)CCC1. The van der Waals surface area contributed by atoms with Gasteiger partial charge in [0, 0.05) is 11.4 Å². The van der Waals surface area contributed by atoms with Gasteiger partial charge in [-0.15, -0.1) is 4.72 Å². The van der Waals surface area contributed by atoms with E-state index in [1.165, 1.54) is 0 Å². The Balaban J connectivity index is 2.33. The third-order valence-corrected chi connectivity index (χ3v) is 5.46. The van der Waals surface area contributed by atoms with Crippen molar-refractivity contribution in [3.63, 3.8) is 0 Å². The summed E-state index contributed by atoms with van der Waals surface area (Å²) in [5.41, 5.74) is -1.34. The molecule has 1 aliphatic carbocycles. The molecule has 2 rings (SSSR count). The number of hydrogen-bond donors (Lipinski definition) is 1. The van der Waals surface area contributed by atoms with Crippen LogP contribution in [0, 0.1) is 5.82 Å². The van der Waals surface area contributed by atoms with Gasteiger partial charge in [0.2, 0.25) is 0 Å². The average Bonchev–Trinajstić information content (AvgIpc) is 2.32. The van der Waals surface area contributed by atoms with Gasteiger partial charge in [0.25, 0.3) is 0 Å². The lowest BCUT2D eigenvalue weighted by molar-refractivity contribution is 0.0262. The average molecular weight is 337 g/mol. The minimum atomic E-state index is -1.55. The van der Waals surface area contributed by atoms with Crippen molar-refractivity contribution in [3.8, 4) is 0 Å². The Hall–Kier alpha value is -0.430. The van der Waals surface area contributed by atoms with E-state index in [2.05, 4.69) is 9.71 Å². The molecule has 118 valence electrons. The Kier molecular flexibility index (Phi) is 4.83. The summed E-state index contributed by atoms with van der Waals surface area (Å²) in [7, 11) is 0. The van der Waals surface area contributed by atoms with Gasteiger partial charge in [-0.25, -0.2) is 8.78 Å². The molecule has 0 saturated heterocycles. The second-order valence-corrected chi connectivity index (χ2v) is 8.75. The molecule has 0 aromatic carbocycles. The largest absolute Gasteiger partial charge is 0.598 e. The van der Waals surface area contributed by atoms with Crippen LogP contribution in [0.15, 0.2) is 12.3 Å². The molecular weight excluding hydrogens is 318 g/mol. The number of nitrogens with zero attached hydrogens (tertiary/aromatic N) is 1. The fourth-order valence-corrected chi connectivity index (χ4v) is 3.28. The summed E-state index contributed by atoms with van der Waals surface area (Å²) >= 11 is 4.52. The summed E-state index contributed by atoms with van der Waals surface area (Å²) in [6.07, 6.45) is 2.45. The highest BCUT2D eigenvalue weighted by Crippen LogP contribution is 2.47. The summed E-state index contributed by atoms with van der Waals surface area (Å²) in [4.78, 5) is 3.92. The molecule has 1 N–H and O–H groups in total. The first-order valence-electron chi connectivity index (χ1n) is 6.81. The lowest BCUT2D eigenvalue weighted by Crippen LogP contribution is -2.51. The van der Waals surface area contributed by atoms with Gasteiger partial charge in [-0.1, -0.05) is 11.6 Å². The fraction of sp³-hybridized carbons (Fsp3) is 0.643. The summed E-state index contributed by atoms with van der Waals surface area (Å²) in [5, 5.41) is 0.0438. The zero-order chi connectivity index (χ0) is 15.8. The molecule has 2 atom stereocenters. The quantitative estimate of drug-likeness (QED) is 0.849. The molecule has 0 amide bonds. The predicted molar refractivity (Wildman–Crippen MR) is 80.7 cm³/mol. The molecule has 1 heterocycles. The molecule has 1 aromatic heterocycles. The monoisotopic (exact) mass is 336 g/mol. The first kappa shape index (κ1) is 16.9. The minimum absolute atomic E-state index is 0.0438. The number of halogens is 3. The Morgan fingerprint density at radius 3 is 2.52 bits per heavy atom. The van der Waals surface area contributed by atoms with Crippen LogP contribution in [0.5, 0.6) is 0 Å². The van der Waals surface area contributed by atoms with Gasteiger partial charge in [0.05, 0.1) is 16.9 Å². The molecule has 7 heteroatoms. The number of alkyl halides is 1. The Bertz CT molecular complexity index is 520. The molecule has 21 heavy (non-hydrogen) atoms. The summed E-state index contributed by atoms with van der Waals surface area (Å²) in [6.45, 7) is 5.37. The van der Waals surface area contributed by atoms with E-state index in [0.717, 1.165) is 18.7 Å². The maximum Gasteiger partial charge on any atom is 0.142 e. The number of hydrogen-bond acceptors (Lipinski definition) is 3. The lowest BCUT2D eigenvalue weighted by atomic mass is 9.75. The zero-order valence-corrected chi connectivity index (χ0v) is 13.8. The van der Waals surface area contributed by atoms with Crippen molar-refractivity contribution < 1.29 is 13.3 Å². The van der Waals surface area contributed by atoms with Crippen molar-refractivity contribution in [3.05, 3.63) is 28.8 Å². The first-order valence-corrected chi connectivity index (χ1v) is 8.34. The summed E-state index contributed by atoms with van der Waals surface area (Å²) in [6, 6.07) is 0.194. The Morgan fingerprint density at radius 2 is 2.10 bits per heavy atom. The van der Waals surface area contributed by atoms with Crippen molar-refractivity contribution in [1.29, 1.82) is 0 Å². The van der Waals surface area contributed by atoms with Crippen LogP contribution in [0.1, 0.15) is 51.8 Å². The Labute approximate surface area is 131 Å². The summed E-state index contributed by atoms with van der Waals surface area (Å²) < 4.78 is 42.6. The molecule has 1 saturated carbocycles. The van der Waals surface area contributed by atoms with Gasteiger partial charge in [-0.05, 0) is 46.1 Å². The van der Waals surface area contributed by atoms with E-state index < -0.39 is 33.6 Å². The van der Waals surface area contributed by atoms with Gasteiger partial charge in [0.15, 0.2) is 0 Å². The fourth-order valence-electron chi connectivity index (χ4n) is 2.13. The van der Waals surface area contributed by atoms with Gasteiger partial charge in [0.1, 0.15) is 22.3 Å². The highest BCUT2D eigenvalue weighted by Gasteiger charge is 2.50. The molecule has 1 aromatic rings. The van der Waals surface area contributed by atoms with Crippen molar-refractivity contribution >= 4 is 23.0 Å². The molecule has 0 spiro atoms. The van der Waals surface area contributed by atoms with E-state index in [-0.39, 0.29) is 10.7 Å². The predicted octanol–water partition coefficient (Wildman–Crippen LogP) is 3.86. The topological polar surface area (TPSA) is 48.0 Å². The van der Waals surface area contributed by atoms with Crippen molar-refractivity contribution in [2.45, 2.75) is 56.5 Å². The van der Waals surface area contributed by atoms with Gasteiger partial charge in [-0.2, -0.15) is 0 Å². The molecule has 0 radical (unpaired) electrons. The maximum atomic E-state index is 14.9. The molecule has 0 bridgehead atoms. The van der Waals surface area contributed by atoms with Crippen LogP contribution < -0.4 is 4.72 Å². The maximum absolute atomic E-state index is 14.9. The lowest BCUT2D eigenvalue weighted by Gasteiger charge is -2.41. The van der Waals surface area contributed by atoms with E-state index in [4.69, 9.17) is 11.6 Å². The van der Waals surface area contributed by atoms with E-state index in [1.54, 1.807) is 20.8 Å². The van der Waals surface area contributed by atoms with Crippen LogP contribution in [0.4, 0.5) is 8.78 Å². The number of pyridine rings is 1.